The first-order chi connectivity index (χ1) is 13.8. The van der Waals surface area contributed by atoms with Crippen LogP contribution in [0.1, 0.15) is 55.3 Å². The zero-order valence-corrected chi connectivity index (χ0v) is 17.6. The van der Waals surface area contributed by atoms with Crippen molar-refractivity contribution in [2.45, 2.75) is 51.6 Å². The Morgan fingerprint density at radius 1 is 1.10 bits per heavy atom. The van der Waals surface area contributed by atoms with E-state index in [1.165, 1.54) is 10.5 Å². The van der Waals surface area contributed by atoms with E-state index in [-0.39, 0.29) is 23.3 Å². The van der Waals surface area contributed by atoms with Gasteiger partial charge in [0.05, 0.1) is 25.9 Å². The maximum Gasteiger partial charge on any atom is 0.275 e. The zero-order chi connectivity index (χ0) is 20.9. The Labute approximate surface area is 172 Å². The van der Waals surface area contributed by atoms with Gasteiger partial charge in [0.2, 0.25) is 0 Å². The molecule has 1 aromatic heterocycles. The monoisotopic (exact) mass is 398 g/mol. The molecule has 0 saturated carbocycles. The SMILES string of the molecule is CC(C)(C)c1ccc(C(=O)NC2CC[NH+](CC(=O)NCc3ccco3)CC2)cc1. The van der Waals surface area contributed by atoms with Crippen LogP contribution in [-0.4, -0.2) is 37.5 Å². The van der Waals surface area contributed by atoms with E-state index < -0.39 is 0 Å². The molecule has 1 saturated heterocycles. The van der Waals surface area contributed by atoms with Gasteiger partial charge in [-0.2, -0.15) is 0 Å². The van der Waals surface area contributed by atoms with Crippen LogP contribution in [0, 0.1) is 0 Å². The largest absolute Gasteiger partial charge is 0.467 e. The summed E-state index contributed by atoms with van der Waals surface area (Å²) in [5.41, 5.74) is 2.00. The second kappa shape index (κ2) is 9.27. The summed E-state index contributed by atoms with van der Waals surface area (Å²) in [6.07, 6.45) is 3.37. The third-order valence-electron chi connectivity index (χ3n) is 5.49. The van der Waals surface area contributed by atoms with Crippen molar-refractivity contribution < 1.29 is 18.9 Å². The number of furan rings is 1. The first-order valence-corrected chi connectivity index (χ1v) is 10.4. The summed E-state index contributed by atoms with van der Waals surface area (Å²) < 4.78 is 5.22. The van der Waals surface area contributed by atoms with Gasteiger partial charge in [-0.15, -0.1) is 0 Å². The third kappa shape index (κ3) is 6.19. The molecular weight excluding hydrogens is 366 g/mol. The minimum atomic E-state index is -0.0184. The highest BCUT2D eigenvalue weighted by Crippen LogP contribution is 2.22. The van der Waals surface area contributed by atoms with Crippen LogP contribution in [0.5, 0.6) is 0 Å². The van der Waals surface area contributed by atoms with E-state index in [0.29, 0.717) is 18.7 Å². The second-order valence-corrected chi connectivity index (χ2v) is 8.86. The van der Waals surface area contributed by atoms with Crippen molar-refractivity contribution >= 4 is 11.8 Å². The van der Waals surface area contributed by atoms with Crippen LogP contribution >= 0.6 is 0 Å². The quantitative estimate of drug-likeness (QED) is 0.693. The molecular formula is C23H32N3O3+. The third-order valence-corrected chi connectivity index (χ3v) is 5.49. The van der Waals surface area contributed by atoms with Crippen LogP contribution in [0.25, 0.3) is 0 Å². The lowest BCUT2D eigenvalue weighted by molar-refractivity contribution is -0.897. The highest BCUT2D eigenvalue weighted by molar-refractivity contribution is 5.94. The first kappa shape index (κ1) is 21.1. The summed E-state index contributed by atoms with van der Waals surface area (Å²) in [7, 11) is 0. The number of amides is 2. The van der Waals surface area contributed by atoms with E-state index in [4.69, 9.17) is 4.42 Å². The fourth-order valence-electron chi connectivity index (χ4n) is 3.63. The van der Waals surface area contributed by atoms with Crippen molar-refractivity contribution in [3.63, 3.8) is 0 Å². The molecule has 3 N–H and O–H groups in total. The van der Waals surface area contributed by atoms with E-state index in [1.54, 1.807) is 6.26 Å². The van der Waals surface area contributed by atoms with Gasteiger partial charge in [0.25, 0.3) is 11.8 Å². The van der Waals surface area contributed by atoms with Crippen LogP contribution in [0.15, 0.2) is 47.1 Å². The summed E-state index contributed by atoms with van der Waals surface area (Å²) in [6, 6.07) is 11.7. The minimum Gasteiger partial charge on any atom is -0.467 e. The van der Waals surface area contributed by atoms with Crippen molar-refractivity contribution in [3.05, 3.63) is 59.5 Å². The molecule has 0 unspecified atom stereocenters. The summed E-state index contributed by atoms with van der Waals surface area (Å²) in [6.45, 7) is 9.12. The van der Waals surface area contributed by atoms with Crippen molar-refractivity contribution in [1.29, 1.82) is 0 Å². The molecule has 3 rings (SSSR count). The molecule has 1 aliphatic rings. The van der Waals surface area contributed by atoms with Gasteiger partial charge in [-0.25, -0.2) is 0 Å². The molecule has 0 bridgehead atoms. The van der Waals surface area contributed by atoms with Crippen molar-refractivity contribution in [2.24, 2.45) is 0 Å². The molecule has 0 atom stereocenters. The van der Waals surface area contributed by atoms with Gasteiger partial charge in [0, 0.05) is 24.4 Å². The van der Waals surface area contributed by atoms with E-state index in [2.05, 4.69) is 31.4 Å². The number of likely N-dealkylation sites (tertiary alicyclic amines) is 1. The standard InChI is InChI=1S/C23H31N3O3/c1-23(2,3)18-8-6-17(7-9-18)22(28)25-19-10-12-26(13-11-19)16-21(27)24-15-20-5-4-14-29-20/h4-9,14,19H,10-13,15-16H2,1-3H3,(H,24,27)(H,25,28)/p+1. The fraction of sp³-hybridized carbons (Fsp3) is 0.478. The molecule has 2 amide bonds. The molecule has 0 spiro atoms. The Balaban J connectivity index is 1.40. The molecule has 2 aromatic rings. The molecule has 1 aliphatic heterocycles. The van der Waals surface area contributed by atoms with Crippen LogP contribution in [0.4, 0.5) is 0 Å². The lowest BCUT2D eigenvalue weighted by Gasteiger charge is -2.29. The smallest absolute Gasteiger partial charge is 0.275 e. The average molecular weight is 399 g/mol. The summed E-state index contributed by atoms with van der Waals surface area (Å²) in [4.78, 5) is 25.9. The van der Waals surface area contributed by atoms with Crippen molar-refractivity contribution in [2.75, 3.05) is 19.6 Å². The van der Waals surface area contributed by atoms with E-state index in [1.807, 2.05) is 36.4 Å². The topological polar surface area (TPSA) is 75.8 Å². The van der Waals surface area contributed by atoms with Crippen LogP contribution in [-0.2, 0) is 16.8 Å². The molecule has 6 heteroatoms. The highest BCUT2D eigenvalue weighted by Gasteiger charge is 2.25. The second-order valence-electron chi connectivity index (χ2n) is 8.86. The van der Waals surface area contributed by atoms with Crippen molar-refractivity contribution in [3.8, 4) is 0 Å². The molecule has 6 nitrogen and oxygen atoms in total. The average Bonchev–Trinajstić information content (AvgIpc) is 3.21. The Bertz CT molecular complexity index is 799. The van der Waals surface area contributed by atoms with Gasteiger partial charge in [0.15, 0.2) is 6.54 Å². The van der Waals surface area contributed by atoms with Gasteiger partial charge in [-0.1, -0.05) is 32.9 Å². The predicted octanol–water partition coefficient (Wildman–Crippen LogP) is 1.67. The van der Waals surface area contributed by atoms with Gasteiger partial charge < -0.3 is 20.0 Å². The Morgan fingerprint density at radius 3 is 2.38 bits per heavy atom. The molecule has 0 radical (unpaired) electrons. The van der Waals surface area contributed by atoms with E-state index in [9.17, 15) is 9.59 Å². The minimum absolute atomic E-state index is 0.0184. The van der Waals surface area contributed by atoms with E-state index >= 15 is 0 Å². The lowest BCUT2D eigenvalue weighted by Crippen LogP contribution is -3.14. The van der Waals surface area contributed by atoms with Gasteiger partial charge in [-0.3, -0.25) is 9.59 Å². The normalized spacial score (nSPS) is 19.6. The van der Waals surface area contributed by atoms with Crippen LogP contribution < -0.4 is 15.5 Å². The van der Waals surface area contributed by atoms with Crippen molar-refractivity contribution in [1.82, 2.24) is 10.6 Å². The summed E-state index contributed by atoms with van der Waals surface area (Å²) in [5.74, 6) is 0.762. The number of nitrogens with one attached hydrogen (secondary N) is 3. The number of carbonyl (C=O) groups excluding carboxylic acids is 2. The highest BCUT2D eigenvalue weighted by atomic mass is 16.3. The first-order valence-electron chi connectivity index (χ1n) is 10.4. The number of quaternary nitrogens is 1. The predicted molar refractivity (Wildman–Crippen MR) is 112 cm³/mol. The number of benzene rings is 1. The Kier molecular flexibility index (Phi) is 6.75. The number of hydrogen-bond acceptors (Lipinski definition) is 3. The molecule has 1 aromatic carbocycles. The fourth-order valence-corrected chi connectivity index (χ4v) is 3.63. The summed E-state index contributed by atoms with van der Waals surface area (Å²) in [5, 5.41) is 6.03. The number of carbonyl (C=O) groups is 2. The van der Waals surface area contributed by atoms with Gasteiger partial charge >= 0.3 is 0 Å². The number of rotatable bonds is 6. The Hall–Kier alpha value is -2.60. The van der Waals surface area contributed by atoms with Gasteiger partial charge in [-0.05, 0) is 35.2 Å². The molecule has 156 valence electrons. The van der Waals surface area contributed by atoms with Crippen LogP contribution in [0.3, 0.4) is 0 Å². The number of hydrogen-bond donors (Lipinski definition) is 3. The lowest BCUT2D eigenvalue weighted by atomic mass is 9.86. The Morgan fingerprint density at radius 2 is 1.79 bits per heavy atom. The summed E-state index contributed by atoms with van der Waals surface area (Å²) >= 11 is 0. The molecule has 1 fully saturated rings. The maximum absolute atomic E-state index is 12.5. The molecule has 29 heavy (non-hydrogen) atoms. The van der Waals surface area contributed by atoms with E-state index in [0.717, 1.165) is 31.7 Å². The maximum atomic E-state index is 12.5. The number of piperidine rings is 1. The molecule has 2 heterocycles. The van der Waals surface area contributed by atoms with Gasteiger partial charge in [0.1, 0.15) is 5.76 Å². The zero-order valence-electron chi connectivity index (χ0n) is 17.6. The molecule has 0 aliphatic carbocycles. The van der Waals surface area contributed by atoms with Crippen LogP contribution in [0.2, 0.25) is 0 Å².